The average Bonchev–Trinajstić information content (AvgIpc) is 2.97. The first-order valence-electron chi connectivity index (χ1n) is 9.94. The third kappa shape index (κ3) is 4.01. The Morgan fingerprint density at radius 3 is 2.19 bits per heavy atom. The van der Waals surface area contributed by atoms with E-state index in [1.165, 1.54) is 12.1 Å². The van der Waals surface area contributed by atoms with E-state index in [2.05, 4.69) is 0 Å². The molecule has 0 aromatic heterocycles. The molecule has 2 heterocycles. The van der Waals surface area contributed by atoms with Gasteiger partial charge >= 0.3 is 12.1 Å². The molecule has 0 N–H and O–H groups in total. The Morgan fingerprint density at radius 2 is 1.58 bits per heavy atom. The van der Waals surface area contributed by atoms with E-state index in [0.717, 1.165) is 11.1 Å². The first-order chi connectivity index (χ1) is 14.6. The average molecular weight is 422 g/mol. The summed E-state index contributed by atoms with van der Waals surface area (Å²) in [6.45, 7) is 6.27. The van der Waals surface area contributed by atoms with E-state index in [1.54, 1.807) is 35.2 Å². The molecule has 3 amide bonds. The van der Waals surface area contributed by atoms with Gasteiger partial charge in [-0.2, -0.15) is 0 Å². The van der Waals surface area contributed by atoms with E-state index in [9.17, 15) is 19.2 Å². The van der Waals surface area contributed by atoms with Gasteiger partial charge < -0.3 is 14.5 Å². The molecule has 160 valence electrons. The zero-order chi connectivity index (χ0) is 22.3. The second-order valence-corrected chi connectivity index (χ2v) is 8.46. The molecule has 4 rings (SSSR count). The van der Waals surface area contributed by atoms with Gasteiger partial charge in [0.15, 0.2) is 0 Å². The maximum atomic E-state index is 12.6. The summed E-state index contributed by atoms with van der Waals surface area (Å²) >= 11 is 0. The van der Waals surface area contributed by atoms with E-state index >= 15 is 0 Å². The molecule has 2 aromatic carbocycles. The smallest absolute Gasteiger partial charge is 0.410 e. The fourth-order valence-electron chi connectivity index (χ4n) is 3.55. The van der Waals surface area contributed by atoms with Crippen LogP contribution in [0.3, 0.4) is 0 Å². The van der Waals surface area contributed by atoms with Gasteiger partial charge in [0, 0.05) is 13.1 Å². The topological polar surface area (TPSA) is 93.2 Å². The van der Waals surface area contributed by atoms with Crippen molar-refractivity contribution >= 4 is 23.9 Å². The number of imide groups is 1. The van der Waals surface area contributed by atoms with Gasteiger partial charge in [-0.25, -0.2) is 9.59 Å². The number of hydroxylamine groups is 2. The minimum Gasteiger partial charge on any atom is -0.444 e. The van der Waals surface area contributed by atoms with Crippen molar-refractivity contribution in [3.63, 3.8) is 0 Å². The Labute approximate surface area is 179 Å². The van der Waals surface area contributed by atoms with Crippen molar-refractivity contribution in [2.75, 3.05) is 6.54 Å². The lowest BCUT2D eigenvalue weighted by atomic mass is 9.97. The highest BCUT2D eigenvalue weighted by molar-refractivity contribution is 6.21. The van der Waals surface area contributed by atoms with E-state index in [1.807, 2.05) is 20.8 Å². The lowest BCUT2D eigenvalue weighted by molar-refractivity contribution is -0.0584. The predicted octanol–water partition coefficient (Wildman–Crippen LogP) is 3.35. The van der Waals surface area contributed by atoms with Crippen molar-refractivity contribution in [1.29, 1.82) is 0 Å². The van der Waals surface area contributed by atoms with E-state index < -0.39 is 23.4 Å². The number of rotatable bonds is 2. The molecule has 0 atom stereocenters. The molecule has 8 heteroatoms. The number of hydrogen-bond acceptors (Lipinski definition) is 6. The molecule has 2 aliphatic rings. The summed E-state index contributed by atoms with van der Waals surface area (Å²) < 4.78 is 5.42. The minimum absolute atomic E-state index is 0.202. The standard InChI is InChI=1S/C23H22N2O6/c1-23(2,3)30-22(29)24-11-10-14-12-15(8-9-16(14)13-24)21(28)31-25-19(26)17-6-4-5-7-18(17)20(25)27/h4-9,12H,10-11,13H2,1-3H3. The lowest BCUT2D eigenvalue weighted by Gasteiger charge is -2.31. The summed E-state index contributed by atoms with van der Waals surface area (Å²) in [4.78, 5) is 56.4. The fourth-order valence-corrected chi connectivity index (χ4v) is 3.55. The molecule has 0 bridgehead atoms. The summed E-state index contributed by atoms with van der Waals surface area (Å²) in [5.74, 6) is -2.13. The van der Waals surface area contributed by atoms with Crippen LogP contribution in [-0.4, -0.2) is 46.0 Å². The van der Waals surface area contributed by atoms with Gasteiger partial charge in [-0.1, -0.05) is 23.3 Å². The number of fused-ring (bicyclic) bond motifs is 2. The Bertz CT molecular complexity index is 1070. The van der Waals surface area contributed by atoms with Crippen LogP contribution in [0.4, 0.5) is 4.79 Å². The van der Waals surface area contributed by atoms with Gasteiger partial charge in [0.25, 0.3) is 11.8 Å². The van der Waals surface area contributed by atoms with Crippen molar-refractivity contribution in [2.45, 2.75) is 39.3 Å². The molecule has 31 heavy (non-hydrogen) atoms. The van der Waals surface area contributed by atoms with Crippen LogP contribution >= 0.6 is 0 Å². The highest BCUT2D eigenvalue weighted by atomic mass is 16.7. The van der Waals surface area contributed by atoms with Gasteiger partial charge in [0.1, 0.15) is 5.60 Å². The van der Waals surface area contributed by atoms with Gasteiger partial charge in [-0.15, -0.1) is 0 Å². The number of hydrogen-bond donors (Lipinski definition) is 0. The molecule has 0 radical (unpaired) electrons. The van der Waals surface area contributed by atoms with Crippen LogP contribution in [0, 0.1) is 0 Å². The largest absolute Gasteiger partial charge is 0.444 e. The van der Waals surface area contributed by atoms with Crippen LogP contribution in [0.5, 0.6) is 0 Å². The normalized spacial score (nSPS) is 15.5. The molecule has 8 nitrogen and oxygen atoms in total. The number of nitrogens with zero attached hydrogens (tertiary/aromatic N) is 2. The van der Waals surface area contributed by atoms with Gasteiger partial charge in [-0.3, -0.25) is 9.59 Å². The highest BCUT2D eigenvalue weighted by Gasteiger charge is 2.39. The number of carbonyl (C=O) groups is 4. The van der Waals surface area contributed by atoms with Crippen LogP contribution < -0.4 is 0 Å². The number of carbonyl (C=O) groups excluding carboxylic acids is 4. The molecule has 0 aliphatic carbocycles. The van der Waals surface area contributed by atoms with Gasteiger partial charge in [-0.05, 0) is 62.6 Å². The maximum Gasteiger partial charge on any atom is 0.410 e. The molecule has 0 saturated carbocycles. The molecule has 0 spiro atoms. The van der Waals surface area contributed by atoms with Crippen LogP contribution in [-0.2, 0) is 22.5 Å². The first-order valence-corrected chi connectivity index (χ1v) is 9.94. The molecule has 0 unspecified atom stereocenters. The number of benzene rings is 2. The molecule has 2 aromatic rings. The second kappa shape index (κ2) is 7.54. The van der Waals surface area contributed by atoms with Crippen LogP contribution in [0.15, 0.2) is 42.5 Å². The molecular weight excluding hydrogens is 400 g/mol. The summed E-state index contributed by atoms with van der Waals surface area (Å²) in [5, 5.41) is 0.497. The van der Waals surface area contributed by atoms with E-state index in [0.29, 0.717) is 24.6 Å². The molecule has 0 fully saturated rings. The SMILES string of the molecule is CC(C)(C)OC(=O)N1CCc2cc(C(=O)ON3C(=O)c4ccccc4C3=O)ccc2C1. The fraction of sp³-hybridized carbons (Fsp3) is 0.304. The first kappa shape index (κ1) is 20.6. The number of amides is 3. The zero-order valence-electron chi connectivity index (χ0n) is 17.5. The van der Waals surface area contributed by atoms with E-state index in [-0.39, 0.29) is 22.8 Å². The monoisotopic (exact) mass is 422 g/mol. The maximum absolute atomic E-state index is 12.6. The summed E-state index contributed by atoms with van der Waals surface area (Å²) in [7, 11) is 0. The summed E-state index contributed by atoms with van der Waals surface area (Å²) in [6, 6.07) is 11.3. The Balaban J connectivity index is 1.46. The van der Waals surface area contributed by atoms with E-state index in [4.69, 9.17) is 9.57 Å². The minimum atomic E-state index is -0.799. The summed E-state index contributed by atoms with van der Waals surface area (Å²) in [5.41, 5.74) is 1.85. The van der Waals surface area contributed by atoms with Crippen molar-refractivity contribution in [1.82, 2.24) is 9.96 Å². The Kier molecular flexibility index (Phi) is 5.00. The van der Waals surface area contributed by atoms with Crippen LogP contribution in [0.1, 0.15) is 63.0 Å². The van der Waals surface area contributed by atoms with Gasteiger partial charge in [0.2, 0.25) is 0 Å². The molecule has 0 saturated heterocycles. The molecular formula is C23H22N2O6. The molecule has 2 aliphatic heterocycles. The van der Waals surface area contributed by atoms with Crippen LogP contribution in [0.25, 0.3) is 0 Å². The van der Waals surface area contributed by atoms with Crippen LogP contribution in [0.2, 0.25) is 0 Å². The van der Waals surface area contributed by atoms with Crippen molar-refractivity contribution in [3.8, 4) is 0 Å². The highest BCUT2D eigenvalue weighted by Crippen LogP contribution is 2.25. The van der Waals surface area contributed by atoms with Crippen molar-refractivity contribution in [3.05, 3.63) is 70.3 Å². The van der Waals surface area contributed by atoms with Crippen molar-refractivity contribution in [2.24, 2.45) is 0 Å². The lowest BCUT2D eigenvalue weighted by Crippen LogP contribution is -2.40. The Hall–Kier alpha value is -3.68. The predicted molar refractivity (Wildman–Crippen MR) is 109 cm³/mol. The number of ether oxygens (including phenoxy) is 1. The van der Waals surface area contributed by atoms with Gasteiger partial charge in [0.05, 0.1) is 16.7 Å². The third-order valence-electron chi connectivity index (χ3n) is 5.04. The Morgan fingerprint density at radius 1 is 0.935 bits per heavy atom. The third-order valence-corrected chi connectivity index (χ3v) is 5.04. The summed E-state index contributed by atoms with van der Waals surface area (Å²) in [6.07, 6.45) is 0.162. The zero-order valence-corrected chi connectivity index (χ0v) is 17.5. The van der Waals surface area contributed by atoms with Crippen molar-refractivity contribution < 1.29 is 28.8 Å². The quantitative estimate of drug-likeness (QED) is 0.689. The second-order valence-electron chi connectivity index (χ2n) is 8.46.